The maximum Gasteiger partial charge on any atom is 0.387 e. The number of fused-ring (bicyclic) bond motifs is 1. The van der Waals surface area contributed by atoms with Crippen LogP contribution in [0, 0.1) is 0 Å². The highest BCUT2D eigenvalue weighted by molar-refractivity contribution is 6.32. The number of anilines is 2. The molecule has 10 heteroatoms. The largest absolute Gasteiger partial charge is 0.433 e. The van der Waals surface area contributed by atoms with E-state index >= 15 is 0 Å². The van der Waals surface area contributed by atoms with Crippen LogP contribution in [0.3, 0.4) is 0 Å². The fourth-order valence-electron chi connectivity index (χ4n) is 4.14. The third kappa shape index (κ3) is 5.68. The highest BCUT2D eigenvalue weighted by Gasteiger charge is 2.18. The Morgan fingerprint density at radius 3 is 2.63 bits per heavy atom. The summed E-state index contributed by atoms with van der Waals surface area (Å²) >= 11 is 5.99. The van der Waals surface area contributed by atoms with Gasteiger partial charge in [-0.1, -0.05) is 17.7 Å². The Labute approximate surface area is 206 Å². The number of aromatic nitrogens is 4. The molecule has 1 aliphatic heterocycles. The number of ether oxygens (including phenoxy) is 2. The summed E-state index contributed by atoms with van der Waals surface area (Å²) in [6, 6.07) is 10.8. The maximum atomic E-state index is 12.4. The Hall–Kier alpha value is -3.30. The van der Waals surface area contributed by atoms with Gasteiger partial charge in [0.2, 0.25) is 5.95 Å². The Bertz CT molecular complexity index is 1290. The molecular formula is C25H24ClF2N5O2. The average Bonchev–Trinajstić information content (AvgIpc) is 3.29. The summed E-state index contributed by atoms with van der Waals surface area (Å²) < 4.78 is 37.0. The highest BCUT2D eigenvalue weighted by Crippen LogP contribution is 2.30. The molecule has 1 N–H and O–H groups in total. The molecule has 0 bridgehead atoms. The maximum absolute atomic E-state index is 12.4. The number of halogens is 3. The smallest absolute Gasteiger partial charge is 0.387 e. The molecule has 5 rings (SSSR count). The van der Waals surface area contributed by atoms with E-state index in [1.807, 2.05) is 10.9 Å². The number of alkyl halides is 2. The molecule has 2 aromatic carbocycles. The molecule has 0 saturated carbocycles. The molecule has 1 saturated heterocycles. The minimum atomic E-state index is -2.93. The van der Waals surface area contributed by atoms with E-state index in [-0.39, 0.29) is 17.0 Å². The van der Waals surface area contributed by atoms with Crippen LogP contribution in [0.1, 0.15) is 36.6 Å². The molecule has 1 aliphatic rings. The summed E-state index contributed by atoms with van der Waals surface area (Å²) in [6.07, 6.45) is 10.4. The number of rotatable bonds is 8. The lowest BCUT2D eigenvalue weighted by atomic mass is 10.1. The molecule has 1 atom stereocenters. The number of aryl methyl sites for hydroxylation is 2. The van der Waals surface area contributed by atoms with Crippen molar-refractivity contribution in [2.45, 2.75) is 44.9 Å². The number of hydrogen-bond acceptors (Lipinski definition) is 6. The molecule has 1 unspecified atom stereocenters. The first kappa shape index (κ1) is 23.4. The first-order valence-corrected chi connectivity index (χ1v) is 11.8. The van der Waals surface area contributed by atoms with E-state index < -0.39 is 6.61 Å². The van der Waals surface area contributed by atoms with Gasteiger partial charge in [-0.25, -0.2) is 14.6 Å². The van der Waals surface area contributed by atoms with Crippen LogP contribution in [0.15, 0.2) is 55.0 Å². The van der Waals surface area contributed by atoms with Crippen LogP contribution in [0.4, 0.5) is 20.4 Å². The molecule has 4 aromatic rings. The topological polar surface area (TPSA) is 74.1 Å². The van der Waals surface area contributed by atoms with E-state index in [1.165, 1.54) is 17.7 Å². The first-order chi connectivity index (χ1) is 17.0. The van der Waals surface area contributed by atoms with E-state index in [9.17, 15) is 8.78 Å². The fraction of sp³-hybridized carbons (Fsp3) is 0.320. The molecule has 0 amide bonds. The van der Waals surface area contributed by atoms with Crippen molar-refractivity contribution in [1.29, 1.82) is 0 Å². The van der Waals surface area contributed by atoms with Crippen LogP contribution >= 0.6 is 11.6 Å². The second kappa shape index (κ2) is 10.5. The molecule has 35 heavy (non-hydrogen) atoms. The number of nitrogens with zero attached hydrogens (tertiary/aromatic N) is 4. The second-order valence-electron chi connectivity index (χ2n) is 8.37. The summed E-state index contributed by atoms with van der Waals surface area (Å²) in [4.78, 5) is 8.70. The monoisotopic (exact) mass is 499 g/mol. The van der Waals surface area contributed by atoms with Gasteiger partial charge in [-0.05, 0) is 73.6 Å². The highest BCUT2D eigenvalue weighted by atomic mass is 35.5. The average molecular weight is 500 g/mol. The zero-order valence-corrected chi connectivity index (χ0v) is 19.6. The van der Waals surface area contributed by atoms with Crippen molar-refractivity contribution >= 4 is 34.1 Å². The third-order valence-electron chi connectivity index (χ3n) is 5.90. The number of benzene rings is 2. The van der Waals surface area contributed by atoms with Gasteiger partial charge in [-0.2, -0.15) is 13.9 Å². The molecule has 0 radical (unpaired) electrons. The van der Waals surface area contributed by atoms with Gasteiger partial charge < -0.3 is 14.8 Å². The molecule has 182 valence electrons. The normalized spacial score (nSPS) is 16.1. The van der Waals surface area contributed by atoms with Crippen molar-refractivity contribution in [3.05, 3.63) is 71.1 Å². The van der Waals surface area contributed by atoms with Crippen molar-refractivity contribution < 1.29 is 18.3 Å². The van der Waals surface area contributed by atoms with Gasteiger partial charge in [0.15, 0.2) is 6.23 Å². The minimum absolute atomic E-state index is 0.0244. The van der Waals surface area contributed by atoms with E-state index in [2.05, 4.69) is 43.3 Å². The molecule has 2 aromatic heterocycles. The minimum Gasteiger partial charge on any atom is -0.433 e. The Morgan fingerprint density at radius 1 is 1.06 bits per heavy atom. The number of nitrogens with one attached hydrogen (secondary N) is 1. The lowest BCUT2D eigenvalue weighted by Crippen LogP contribution is -2.18. The SMILES string of the molecule is FC(F)Oc1ccc(Nc2ncc(CCc3ccc4c(cnn4C4CCCCO4)c3)cn2)cc1Cl. The third-order valence-corrected chi connectivity index (χ3v) is 6.20. The van der Waals surface area contributed by atoms with Gasteiger partial charge in [-0.15, -0.1) is 0 Å². The second-order valence-corrected chi connectivity index (χ2v) is 8.77. The van der Waals surface area contributed by atoms with Gasteiger partial charge in [0, 0.05) is 30.1 Å². The molecule has 1 fully saturated rings. The van der Waals surface area contributed by atoms with Crippen molar-refractivity contribution in [3.8, 4) is 5.75 Å². The van der Waals surface area contributed by atoms with Crippen LogP contribution in [0.5, 0.6) is 5.75 Å². The van der Waals surface area contributed by atoms with Crippen LogP contribution in [-0.2, 0) is 17.6 Å². The predicted octanol–water partition coefficient (Wildman–Crippen LogP) is 6.31. The van der Waals surface area contributed by atoms with Gasteiger partial charge in [0.1, 0.15) is 5.75 Å². The fourth-order valence-corrected chi connectivity index (χ4v) is 4.37. The molecule has 7 nitrogen and oxygen atoms in total. The first-order valence-electron chi connectivity index (χ1n) is 11.5. The zero-order chi connectivity index (χ0) is 24.2. The molecule has 0 aliphatic carbocycles. The molecular weight excluding hydrogens is 476 g/mol. The zero-order valence-electron chi connectivity index (χ0n) is 18.8. The summed E-state index contributed by atoms with van der Waals surface area (Å²) in [5, 5.41) is 8.75. The molecule has 0 spiro atoms. The quantitative estimate of drug-likeness (QED) is 0.306. The van der Waals surface area contributed by atoms with Crippen molar-refractivity contribution in [3.63, 3.8) is 0 Å². The summed E-state index contributed by atoms with van der Waals surface area (Å²) in [5.74, 6) is 0.294. The van der Waals surface area contributed by atoms with Crippen LogP contribution < -0.4 is 10.1 Å². The van der Waals surface area contributed by atoms with E-state index in [0.29, 0.717) is 11.6 Å². The predicted molar refractivity (Wildman–Crippen MR) is 129 cm³/mol. The van der Waals surface area contributed by atoms with E-state index in [0.717, 1.165) is 55.2 Å². The Kier molecular flexibility index (Phi) is 7.06. The summed E-state index contributed by atoms with van der Waals surface area (Å²) in [5.41, 5.74) is 3.87. The summed E-state index contributed by atoms with van der Waals surface area (Å²) in [7, 11) is 0. The number of hydrogen-bond donors (Lipinski definition) is 1. The van der Waals surface area contributed by atoms with Crippen LogP contribution in [-0.4, -0.2) is 33.0 Å². The standard InChI is InChI=1S/C25H24ClF2N5O2/c26-20-12-19(7-9-22(20)35-24(27)28)32-25-29-13-17(14-30-25)5-4-16-6-8-21-18(11-16)15-31-33(21)23-3-1-2-10-34-23/h6-9,11-15,23-24H,1-5,10H2,(H,29,30,32). The Morgan fingerprint density at radius 2 is 1.89 bits per heavy atom. The van der Waals surface area contributed by atoms with Gasteiger partial charge in [-0.3, -0.25) is 0 Å². The Balaban J connectivity index is 1.19. The van der Waals surface area contributed by atoms with Gasteiger partial charge in [0.05, 0.1) is 16.7 Å². The lowest BCUT2D eigenvalue weighted by molar-refractivity contribution is -0.0497. The van der Waals surface area contributed by atoms with Crippen molar-refractivity contribution in [2.75, 3.05) is 11.9 Å². The van der Waals surface area contributed by atoms with Gasteiger partial charge in [0.25, 0.3) is 0 Å². The lowest BCUT2D eigenvalue weighted by Gasteiger charge is -2.23. The van der Waals surface area contributed by atoms with E-state index in [1.54, 1.807) is 18.5 Å². The summed E-state index contributed by atoms with van der Waals surface area (Å²) in [6.45, 7) is -2.14. The van der Waals surface area contributed by atoms with Crippen LogP contribution in [0.2, 0.25) is 5.02 Å². The van der Waals surface area contributed by atoms with Crippen molar-refractivity contribution in [1.82, 2.24) is 19.7 Å². The van der Waals surface area contributed by atoms with Crippen LogP contribution in [0.25, 0.3) is 10.9 Å². The van der Waals surface area contributed by atoms with Gasteiger partial charge >= 0.3 is 6.61 Å². The van der Waals surface area contributed by atoms with E-state index in [4.69, 9.17) is 16.3 Å². The molecule has 3 heterocycles. The van der Waals surface area contributed by atoms with Crippen molar-refractivity contribution in [2.24, 2.45) is 0 Å².